The Morgan fingerprint density at radius 1 is 1.04 bits per heavy atom. The van der Waals surface area contributed by atoms with Gasteiger partial charge in [0.2, 0.25) is 0 Å². The van der Waals surface area contributed by atoms with Crippen LogP contribution < -0.4 is 10.4 Å². The Hall–Kier alpha value is -2.19. The van der Waals surface area contributed by atoms with Crippen LogP contribution >= 0.6 is 0 Å². The van der Waals surface area contributed by atoms with Crippen molar-refractivity contribution in [3.63, 3.8) is 0 Å². The lowest BCUT2D eigenvalue weighted by atomic mass is 10.0. The summed E-state index contributed by atoms with van der Waals surface area (Å²) in [5, 5.41) is 2.63. The van der Waals surface area contributed by atoms with Crippen molar-refractivity contribution in [3.8, 4) is 11.3 Å². The first-order valence-electron chi connectivity index (χ1n) is 10.8. The SMILES string of the molecule is [2H]c1cc(-c2cc(CC(C)C)c([Si](C)(C)c3ccccc3)cn2)c([2H])c([2H])c1[2H]. The first-order chi connectivity index (χ1) is 13.6. The largest absolute Gasteiger partial charge is 0.256 e. The maximum absolute atomic E-state index is 8.27. The van der Waals surface area contributed by atoms with Crippen molar-refractivity contribution < 1.29 is 5.48 Å². The zero-order chi connectivity index (χ0) is 21.3. The van der Waals surface area contributed by atoms with E-state index in [2.05, 4.69) is 56.2 Å². The molecule has 0 saturated heterocycles. The number of aromatic nitrogens is 1. The Labute approximate surface area is 158 Å². The van der Waals surface area contributed by atoms with Crippen LogP contribution in [0.5, 0.6) is 0 Å². The molecule has 0 aliphatic heterocycles. The highest BCUT2D eigenvalue weighted by molar-refractivity contribution is 7.00. The predicted octanol–water partition coefficient (Wildman–Crippen LogP) is 4.77. The fourth-order valence-electron chi connectivity index (χ4n) is 3.24. The van der Waals surface area contributed by atoms with E-state index in [1.165, 1.54) is 22.0 Å². The zero-order valence-electron chi connectivity index (χ0n) is 19.4. The van der Waals surface area contributed by atoms with Crippen LogP contribution in [-0.4, -0.2) is 13.1 Å². The molecule has 0 bridgehead atoms. The molecule has 2 heteroatoms. The van der Waals surface area contributed by atoms with E-state index in [1.54, 1.807) is 0 Å². The van der Waals surface area contributed by atoms with E-state index >= 15 is 0 Å². The van der Waals surface area contributed by atoms with Crippen molar-refractivity contribution in [3.05, 3.63) is 78.4 Å². The summed E-state index contributed by atoms with van der Waals surface area (Å²) in [5.74, 6) is 0.467. The second-order valence-electron chi connectivity index (χ2n) is 7.39. The fraction of sp³-hybridized carbons (Fsp3) is 0.261. The van der Waals surface area contributed by atoms with E-state index in [1.807, 2.05) is 18.3 Å². The van der Waals surface area contributed by atoms with Gasteiger partial charge in [0, 0.05) is 11.8 Å². The van der Waals surface area contributed by atoms with Crippen LogP contribution in [0.2, 0.25) is 13.1 Å². The smallest absolute Gasteiger partial charge is 0.114 e. The summed E-state index contributed by atoms with van der Waals surface area (Å²) in [4.78, 5) is 4.67. The summed E-state index contributed by atoms with van der Waals surface area (Å²) < 4.78 is 32.0. The predicted molar refractivity (Wildman–Crippen MR) is 111 cm³/mol. The van der Waals surface area contributed by atoms with Gasteiger partial charge in [0.1, 0.15) is 8.07 Å². The molecule has 0 fully saturated rings. The first-order valence-corrected chi connectivity index (χ1v) is 11.8. The summed E-state index contributed by atoms with van der Waals surface area (Å²) in [7, 11) is -1.95. The Morgan fingerprint density at radius 3 is 2.52 bits per heavy atom. The average molecular weight is 350 g/mol. The lowest BCUT2D eigenvalue weighted by Gasteiger charge is -2.27. The number of rotatable bonds is 5. The van der Waals surface area contributed by atoms with E-state index in [-0.39, 0.29) is 24.2 Å². The number of nitrogens with zero attached hydrogens (tertiary/aromatic N) is 1. The minimum Gasteiger partial charge on any atom is -0.256 e. The molecule has 0 radical (unpaired) electrons. The second kappa shape index (κ2) is 7.36. The highest BCUT2D eigenvalue weighted by Gasteiger charge is 2.29. The molecule has 0 aliphatic carbocycles. The molecule has 0 spiro atoms. The molecule has 1 nitrogen and oxygen atoms in total. The molecule has 0 amide bonds. The molecular formula is C23H27NSi. The molecule has 2 aromatic carbocycles. The molecule has 3 aromatic rings. The molecule has 0 saturated carbocycles. The standard InChI is InChI=1S/C23H27NSi/c1-18(2)15-20-16-22(19-11-7-5-8-12-19)24-17-23(20)25(3,4)21-13-9-6-10-14-21/h5-14,16-18H,15H2,1-4H3/i5D,7D,8D,11D. The number of hydrogen-bond acceptors (Lipinski definition) is 1. The van der Waals surface area contributed by atoms with Crippen LogP contribution in [0.1, 0.15) is 24.9 Å². The molecule has 3 rings (SSSR count). The Kier molecular flexibility index (Phi) is 3.85. The third-order valence-electron chi connectivity index (χ3n) is 4.61. The van der Waals surface area contributed by atoms with Gasteiger partial charge in [0.25, 0.3) is 0 Å². The molecule has 0 atom stereocenters. The molecule has 1 heterocycles. The van der Waals surface area contributed by atoms with Crippen molar-refractivity contribution in [1.82, 2.24) is 4.98 Å². The third kappa shape index (κ3) is 3.90. The van der Waals surface area contributed by atoms with Crippen molar-refractivity contribution in [2.24, 2.45) is 5.92 Å². The van der Waals surface area contributed by atoms with E-state index in [0.717, 1.165) is 6.42 Å². The lowest BCUT2D eigenvalue weighted by molar-refractivity contribution is 0.649. The lowest BCUT2D eigenvalue weighted by Crippen LogP contribution is -2.54. The minimum atomic E-state index is -1.95. The van der Waals surface area contributed by atoms with Crippen molar-refractivity contribution in [2.45, 2.75) is 33.4 Å². The summed E-state index contributed by atoms with van der Waals surface area (Å²) in [6.07, 6.45) is 2.84. The molecular weight excluding hydrogens is 318 g/mol. The highest BCUT2D eigenvalue weighted by Crippen LogP contribution is 2.20. The molecule has 0 N–H and O–H groups in total. The zero-order valence-corrected chi connectivity index (χ0v) is 16.4. The second-order valence-corrected chi connectivity index (χ2v) is 11.8. The Balaban J connectivity index is 2.18. The molecule has 128 valence electrons. The van der Waals surface area contributed by atoms with Crippen LogP contribution in [0, 0.1) is 5.92 Å². The van der Waals surface area contributed by atoms with Crippen LogP contribution in [0.15, 0.2) is 72.8 Å². The van der Waals surface area contributed by atoms with Gasteiger partial charge in [-0.1, -0.05) is 92.7 Å². The van der Waals surface area contributed by atoms with Gasteiger partial charge in [-0.2, -0.15) is 0 Å². The average Bonchev–Trinajstić information content (AvgIpc) is 2.69. The van der Waals surface area contributed by atoms with E-state index in [0.29, 0.717) is 17.2 Å². The normalized spacial score (nSPS) is 14.0. The van der Waals surface area contributed by atoms with E-state index in [9.17, 15) is 0 Å². The van der Waals surface area contributed by atoms with Crippen LogP contribution in [-0.2, 0) is 6.42 Å². The highest BCUT2D eigenvalue weighted by atomic mass is 28.3. The van der Waals surface area contributed by atoms with Gasteiger partial charge < -0.3 is 0 Å². The van der Waals surface area contributed by atoms with Crippen molar-refractivity contribution in [2.75, 3.05) is 0 Å². The quantitative estimate of drug-likeness (QED) is 0.605. The summed E-state index contributed by atoms with van der Waals surface area (Å²) in [6.45, 7) is 9.04. The molecule has 0 aliphatic rings. The van der Waals surface area contributed by atoms with E-state index in [4.69, 9.17) is 5.48 Å². The van der Waals surface area contributed by atoms with Crippen molar-refractivity contribution >= 4 is 18.4 Å². The maximum atomic E-state index is 8.27. The van der Waals surface area contributed by atoms with Gasteiger partial charge in [0.05, 0.1) is 11.2 Å². The van der Waals surface area contributed by atoms with Crippen LogP contribution in [0.25, 0.3) is 11.3 Å². The topological polar surface area (TPSA) is 12.9 Å². The monoisotopic (exact) mass is 349 g/mol. The summed E-state index contributed by atoms with van der Waals surface area (Å²) in [6, 6.07) is 13.6. The van der Waals surface area contributed by atoms with Gasteiger partial charge in [-0.25, -0.2) is 0 Å². The number of pyridine rings is 1. The third-order valence-corrected chi connectivity index (χ3v) is 8.18. The summed E-state index contributed by atoms with van der Waals surface area (Å²) >= 11 is 0. The van der Waals surface area contributed by atoms with Gasteiger partial charge in [-0.3, -0.25) is 4.98 Å². The fourth-order valence-corrected chi connectivity index (χ4v) is 5.94. The number of benzene rings is 2. The van der Waals surface area contributed by atoms with Gasteiger partial charge in [0.15, 0.2) is 0 Å². The van der Waals surface area contributed by atoms with Crippen LogP contribution in [0.4, 0.5) is 0 Å². The minimum absolute atomic E-state index is 0.0405. The molecule has 1 aromatic heterocycles. The number of hydrogen-bond donors (Lipinski definition) is 0. The van der Waals surface area contributed by atoms with Gasteiger partial charge in [-0.05, 0) is 29.2 Å². The van der Waals surface area contributed by atoms with Crippen molar-refractivity contribution in [1.29, 1.82) is 0 Å². The Bertz CT molecular complexity index is 1030. The molecule has 25 heavy (non-hydrogen) atoms. The van der Waals surface area contributed by atoms with Crippen LogP contribution in [0.3, 0.4) is 0 Å². The van der Waals surface area contributed by atoms with Gasteiger partial charge in [-0.15, -0.1) is 0 Å². The van der Waals surface area contributed by atoms with E-state index < -0.39 is 8.07 Å². The summed E-state index contributed by atoms with van der Waals surface area (Å²) in [5.41, 5.74) is 2.28. The van der Waals surface area contributed by atoms with Gasteiger partial charge >= 0.3 is 0 Å². The molecule has 0 unspecified atom stereocenters. The first kappa shape index (κ1) is 13.1. The maximum Gasteiger partial charge on any atom is 0.114 e. The Morgan fingerprint density at radius 2 is 1.80 bits per heavy atom.